The lowest BCUT2D eigenvalue weighted by molar-refractivity contribution is 0.0652. The lowest BCUT2D eigenvalue weighted by Crippen LogP contribution is -2.07. The standard InChI is InChI=1S/C12H12N2O3/c1-14(2)9-5-3-8(4-6-9)10-7-11(12(15)16)17-13-10/h3-7H,1-2H3,(H,15,16). The minimum atomic E-state index is -1.12. The van der Waals surface area contributed by atoms with Gasteiger partial charge in [0.15, 0.2) is 0 Å². The maximum atomic E-state index is 10.6. The first-order valence-corrected chi connectivity index (χ1v) is 5.05. The number of hydrogen-bond acceptors (Lipinski definition) is 4. The highest BCUT2D eigenvalue weighted by atomic mass is 16.5. The molecule has 0 saturated heterocycles. The fourth-order valence-electron chi connectivity index (χ4n) is 1.44. The largest absolute Gasteiger partial charge is 0.475 e. The number of benzene rings is 1. The van der Waals surface area contributed by atoms with Gasteiger partial charge in [-0.2, -0.15) is 0 Å². The Morgan fingerprint density at radius 1 is 1.29 bits per heavy atom. The molecule has 5 heteroatoms. The van der Waals surface area contributed by atoms with E-state index >= 15 is 0 Å². The van der Waals surface area contributed by atoms with Gasteiger partial charge in [-0.3, -0.25) is 0 Å². The Morgan fingerprint density at radius 3 is 2.41 bits per heavy atom. The smallest absolute Gasteiger partial charge is 0.374 e. The van der Waals surface area contributed by atoms with E-state index in [0.717, 1.165) is 11.3 Å². The van der Waals surface area contributed by atoms with E-state index < -0.39 is 5.97 Å². The van der Waals surface area contributed by atoms with Crippen LogP contribution < -0.4 is 4.90 Å². The fraction of sp³-hybridized carbons (Fsp3) is 0.167. The van der Waals surface area contributed by atoms with Crippen LogP contribution in [0.5, 0.6) is 0 Å². The molecule has 1 aromatic carbocycles. The van der Waals surface area contributed by atoms with E-state index in [1.54, 1.807) is 0 Å². The number of rotatable bonds is 3. The van der Waals surface area contributed by atoms with Gasteiger partial charge in [0.25, 0.3) is 0 Å². The van der Waals surface area contributed by atoms with Crippen molar-refractivity contribution in [2.24, 2.45) is 0 Å². The van der Waals surface area contributed by atoms with Gasteiger partial charge in [0.1, 0.15) is 5.69 Å². The molecule has 1 aromatic heterocycles. The molecule has 88 valence electrons. The molecule has 1 heterocycles. The molecule has 0 fully saturated rings. The van der Waals surface area contributed by atoms with Crippen LogP contribution in [0.25, 0.3) is 11.3 Å². The summed E-state index contributed by atoms with van der Waals surface area (Å²) >= 11 is 0. The molecule has 0 radical (unpaired) electrons. The number of aromatic carboxylic acids is 1. The highest BCUT2D eigenvalue weighted by molar-refractivity contribution is 5.85. The van der Waals surface area contributed by atoms with E-state index in [9.17, 15) is 4.79 Å². The summed E-state index contributed by atoms with van der Waals surface area (Å²) in [5, 5.41) is 12.4. The minimum Gasteiger partial charge on any atom is -0.475 e. The van der Waals surface area contributed by atoms with E-state index in [4.69, 9.17) is 9.63 Å². The van der Waals surface area contributed by atoms with Crippen LogP contribution in [0.15, 0.2) is 34.9 Å². The Labute approximate surface area is 98.3 Å². The number of anilines is 1. The van der Waals surface area contributed by atoms with Crippen molar-refractivity contribution in [2.45, 2.75) is 0 Å². The average molecular weight is 232 g/mol. The van der Waals surface area contributed by atoms with Crippen molar-refractivity contribution in [3.05, 3.63) is 36.1 Å². The maximum Gasteiger partial charge on any atom is 0.374 e. The lowest BCUT2D eigenvalue weighted by atomic mass is 10.1. The Bertz CT molecular complexity index is 529. The molecule has 0 saturated carbocycles. The summed E-state index contributed by atoms with van der Waals surface area (Å²) in [6.07, 6.45) is 0. The van der Waals surface area contributed by atoms with Crippen molar-refractivity contribution in [2.75, 3.05) is 19.0 Å². The van der Waals surface area contributed by atoms with E-state index in [0.29, 0.717) is 5.69 Å². The predicted octanol–water partition coefficient (Wildman–Crippen LogP) is 2.11. The van der Waals surface area contributed by atoms with Gasteiger partial charge in [-0.1, -0.05) is 17.3 Å². The molecule has 5 nitrogen and oxygen atoms in total. The van der Waals surface area contributed by atoms with Gasteiger partial charge in [0.2, 0.25) is 5.76 Å². The lowest BCUT2D eigenvalue weighted by Gasteiger charge is -2.11. The Kier molecular flexibility index (Phi) is 2.82. The van der Waals surface area contributed by atoms with Gasteiger partial charge in [-0.25, -0.2) is 4.79 Å². The zero-order valence-electron chi connectivity index (χ0n) is 9.54. The SMILES string of the molecule is CN(C)c1ccc(-c2cc(C(=O)O)on2)cc1. The van der Waals surface area contributed by atoms with Gasteiger partial charge < -0.3 is 14.5 Å². The maximum absolute atomic E-state index is 10.6. The zero-order valence-corrected chi connectivity index (χ0v) is 9.54. The number of aromatic nitrogens is 1. The monoisotopic (exact) mass is 232 g/mol. The van der Waals surface area contributed by atoms with Crippen molar-refractivity contribution in [1.29, 1.82) is 0 Å². The Morgan fingerprint density at radius 2 is 1.94 bits per heavy atom. The van der Waals surface area contributed by atoms with Crippen molar-refractivity contribution >= 4 is 11.7 Å². The normalized spacial score (nSPS) is 10.2. The molecule has 0 bridgehead atoms. The van der Waals surface area contributed by atoms with Crippen LogP contribution in [0.2, 0.25) is 0 Å². The first-order chi connectivity index (χ1) is 8.08. The van der Waals surface area contributed by atoms with Gasteiger partial charge in [0.05, 0.1) is 0 Å². The highest BCUT2D eigenvalue weighted by Crippen LogP contribution is 2.22. The second-order valence-corrected chi connectivity index (χ2v) is 3.82. The summed E-state index contributed by atoms with van der Waals surface area (Å²) in [4.78, 5) is 12.6. The molecule has 0 spiro atoms. The average Bonchev–Trinajstić information content (AvgIpc) is 2.78. The van der Waals surface area contributed by atoms with E-state index in [2.05, 4.69) is 5.16 Å². The fourth-order valence-corrected chi connectivity index (χ4v) is 1.44. The molecular weight excluding hydrogens is 220 g/mol. The van der Waals surface area contributed by atoms with Gasteiger partial charge in [-0.05, 0) is 12.1 Å². The summed E-state index contributed by atoms with van der Waals surface area (Å²) in [5.74, 6) is -1.27. The molecule has 2 aromatic rings. The quantitative estimate of drug-likeness (QED) is 0.877. The van der Waals surface area contributed by atoms with E-state index in [1.807, 2.05) is 43.3 Å². The first kappa shape index (κ1) is 11.2. The predicted molar refractivity (Wildman–Crippen MR) is 63.2 cm³/mol. The zero-order chi connectivity index (χ0) is 12.4. The van der Waals surface area contributed by atoms with E-state index in [1.165, 1.54) is 6.07 Å². The van der Waals surface area contributed by atoms with E-state index in [-0.39, 0.29) is 5.76 Å². The number of carbonyl (C=O) groups is 1. The molecular formula is C12H12N2O3. The second-order valence-electron chi connectivity index (χ2n) is 3.82. The van der Waals surface area contributed by atoms with Crippen molar-refractivity contribution in [3.8, 4) is 11.3 Å². The van der Waals surface area contributed by atoms with Crippen LogP contribution in [0.4, 0.5) is 5.69 Å². The van der Waals surface area contributed by atoms with Gasteiger partial charge in [-0.15, -0.1) is 0 Å². The second kappa shape index (κ2) is 4.29. The Balaban J connectivity index is 2.30. The molecule has 2 rings (SSSR count). The van der Waals surface area contributed by atoms with Crippen molar-refractivity contribution in [1.82, 2.24) is 5.16 Å². The third-order valence-electron chi connectivity index (χ3n) is 2.40. The molecule has 17 heavy (non-hydrogen) atoms. The van der Waals surface area contributed by atoms with Gasteiger partial charge >= 0.3 is 5.97 Å². The molecule has 1 N–H and O–H groups in total. The molecule has 0 unspecified atom stereocenters. The van der Waals surface area contributed by atoms with Crippen LogP contribution >= 0.6 is 0 Å². The third-order valence-corrected chi connectivity index (χ3v) is 2.40. The minimum absolute atomic E-state index is 0.156. The summed E-state index contributed by atoms with van der Waals surface area (Å²) in [5.41, 5.74) is 2.41. The summed E-state index contributed by atoms with van der Waals surface area (Å²) in [6, 6.07) is 9.03. The number of nitrogens with zero attached hydrogens (tertiary/aromatic N) is 2. The summed E-state index contributed by atoms with van der Waals surface area (Å²) < 4.78 is 4.70. The number of carboxylic acid groups (broad SMARTS) is 1. The topological polar surface area (TPSA) is 66.6 Å². The van der Waals surface area contributed by atoms with Crippen LogP contribution in [-0.4, -0.2) is 30.3 Å². The third kappa shape index (κ3) is 2.28. The molecule has 0 aliphatic carbocycles. The molecule has 0 amide bonds. The molecule has 0 aliphatic heterocycles. The molecule has 0 atom stereocenters. The number of carboxylic acids is 1. The van der Waals surface area contributed by atoms with Crippen LogP contribution in [0.1, 0.15) is 10.6 Å². The van der Waals surface area contributed by atoms with Crippen LogP contribution in [-0.2, 0) is 0 Å². The summed E-state index contributed by atoms with van der Waals surface area (Å²) in [6.45, 7) is 0. The van der Waals surface area contributed by atoms with Crippen molar-refractivity contribution in [3.63, 3.8) is 0 Å². The van der Waals surface area contributed by atoms with Crippen molar-refractivity contribution < 1.29 is 14.4 Å². The van der Waals surface area contributed by atoms with Crippen LogP contribution in [0.3, 0.4) is 0 Å². The van der Waals surface area contributed by atoms with Gasteiger partial charge in [0, 0.05) is 31.4 Å². The molecule has 0 aliphatic rings. The highest BCUT2D eigenvalue weighted by Gasteiger charge is 2.12. The number of hydrogen-bond donors (Lipinski definition) is 1. The van der Waals surface area contributed by atoms with Crippen LogP contribution in [0, 0.1) is 0 Å². The Hall–Kier alpha value is -2.30. The first-order valence-electron chi connectivity index (χ1n) is 5.05. The summed E-state index contributed by atoms with van der Waals surface area (Å²) in [7, 11) is 3.90.